The van der Waals surface area contributed by atoms with E-state index in [-0.39, 0.29) is 5.82 Å². The van der Waals surface area contributed by atoms with Gasteiger partial charge in [-0.1, -0.05) is 0 Å². The summed E-state index contributed by atoms with van der Waals surface area (Å²) in [5.41, 5.74) is 2.05. The molecule has 0 fully saturated rings. The molecule has 0 amide bonds. The summed E-state index contributed by atoms with van der Waals surface area (Å²) in [7, 11) is 0. The van der Waals surface area contributed by atoms with E-state index in [1.807, 2.05) is 6.07 Å². The van der Waals surface area contributed by atoms with E-state index in [2.05, 4.69) is 25.3 Å². The lowest BCUT2D eigenvalue weighted by atomic mass is 10.2. The molecule has 5 nitrogen and oxygen atoms in total. The van der Waals surface area contributed by atoms with Crippen LogP contribution in [-0.4, -0.2) is 19.9 Å². The van der Waals surface area contributed by atoms with Crippen LogP contribution in [0.4, 0.5) is 10.2 Å². The summed E-state index contributed by atoms with van der Waals surface area (Å²) in [6.45, 7) is 0.346. The molecule has 90 valence electrons. The molecule has 3 aromatic heterocycles. The van der Waals surface area contributed by atoms with Crippen LogP contribution in [0.25, 0.3) is 11.2 Å². The Morgan fingerprint density at radius 1 is 1.28 bits per heavy atom. The fourth-order valence-electron chi connectivity index (χ4n) is 1.65. The summed E-state index contributed by atoms with van der Waals surface area (Å²) in [5, 5.41) is 3.03. The quantitative estimate of drug-likeness (QED) is 0.739. The number of pyridine rings is 1. The Balaban J connectivity index is 1.78. The summed E-state index contributed by atoms with van der Waals surface area (Å²) in [6, 6.07) is 3.46. The number of fused-ring (bicyclic) bond motifs is 1. The van der Waals surface area contributed by atoms with Crippen molar-refractivity contribution >= 4 is 17.0 Å². The molecular weight excluding hydrogens is 233 g/mol. The maximum Gasteiger partial charge on any atom is 0.156 e. The lowest BCUT2D eigenvalue weighted by molar-refractivity contribution is 0.606. The maximum absolute atomic E-state index is 13.4. The van der Waals surface area contributed by atoms with Crippen LogP contribution in [0.2, 0.25) is 0 Å². The highest BCUT2D eigenvalue weighted by Gasteiger charge is 2.03. The van der Waals surface area contributed by atoms with Gasteiger partial charge in [0.2, 0.25) is 0 Å². The first-order chi connectivity index (χ1) is 8.83. The molecule has 3 aromatic rings. The van der Waals surface area contributed by atoms with Gasteiger partial charge in [0.1, 0.15) is 17.2 Å². The monoisotopic (exact) mass is 243 g/mol. The fraction of sp³-hybridized carbons (Fsp3) is 0.0833. The molecule has 3 heterocycles. The predicted molar refractivity (Wildman–Crippen MR) is 65.4 cm³/mol. The van der Waals surface area contributed by atoms with E-state index in [1.54, 1.807) is 24.7 Å². The smallest absolute Gasteiger partial charge is 0.156 e. The Hall–Kier alpha value is -2.50. The Kier molecular flexibility index (Phi) is 2.60. The van der Waals surface area contributed by atoms with Crippen molar-refractivity contribution in [2.45, 2.75) is 6.54 Å². The molecule has 0 aliphatic heterocycles. The minimum absolute atomic E-state index is 0.333. The van der Waals surface area contributed by atoms with E-state index in [9.17, 15) is 4.39 Å². The van der Waals surface area contributed by atoms with E-state index in [1.165, 1.54) is 6.20 Å². The van der Waals surface area contributed by atoms with E-state index in [4.69, 9.17) is 0 Å². The van der Waals surface area contributed by atoms with Crippen molar-refractivity contribution in [3.63, 3.8) is 0 Å². The van der Waals surface area contributed by atoms with Gasteiger partial charge in [-0.2, -0.15) is 0 Å². The van der Waals surface area contributed by atoms with Crippen molar-refractivity contribution < 1.29 is 4.39 Å². The standard InChI is InChI=1S/C12H10FN5/c13-9-6-14-3-1-8(9)5-16-11-7-17-12-10(18-11)2-4-15-12/h1-4,6-7H,5H2,(H,15,17)(H,16,18). The molecule has 0 atom stereocenters. The number of hydrogen-bond acceptors (Lipinski definition) is 4. The molecule has 0 spiro atoms. The third kappa shape index (κ3) is 2.00. The van der Waals surface area contributed by atoms with Gasteiger partial charge in [-0.05, 0) is 12.1 Å². The first kappa shape index (κ1) is 10.6. The second kappa shape index (κ2) is 4.40. The highest BCUT2D eigenvalue weighted by molar-refractivity contribution is 5.71. The molecule has 0 aliphatic rings. The van der Waals surface area contributed by atoms with Crippen LogP contribution in [0.3, 0.4) is 0 Å². The van der Waals surface area contributed by atoms with Crippen molar-refractivity contribution in [3.8, 4) is 0 Å². The van der Waals surface area contributed by atoms with E-state index in [0.717, 1.165) is 11.2 Å². The van der Waals surface area contributed by atoms with Crippen LogP contribution in [0.15, 0.2) is 36.9 Å². The molecule has 0 radical (unpaired) electrons. The SMILES string of the molecule is Fc1cnccc1CNc1cnc2[nH]ccc2n1. The molecule has 6 heteroatoms. The van der Waals surface area contributed by atoms with Gasteiger partial charge in [0, 0.05) is 24.5 Å². The zero-order chi connectivity index (χ0) is 12.4. The number of H-pyrrole nitrogens is 1. The van der Waals surface area contributed by atoms with Gasteiger partial charge in [0.25, 0.3) is 0 Å². The van der Waals surface area contributed by atoms with Gasteiger partial charge in [0.15, 0.2) is 5.65 Å². The minimum atomic E-state index is -0.333. The molecule has 3 rings (SSSR count). The topological polar surface area (TPSA) is 66.5 Å². The molecule has 0 aliphatic carbocycles. The Morgan fingerprint density at radius 2 is 2.22 bits per heavy atom. The summed E-state index contributed by atoms with van der Waals surface area (Å²) in [6.07, 6.45) is 6.13. The maximum atomic E-state index is 13.4. The molecule has 0 aromatic carbocycles. The Bertz CT molecular complexity index is 679. The number of nitrogens with one attached hydrogen (secondary N) is 2. The molecule has 0 saturated carbocycles. The van der Waals surface area contributed by atoms with Gasteiger partial charge in [-0.15, -0.1) is 0 Å². The molecule has 0 bridgehead atoms. The number of nitrogens with zero attached hydrogens (tertiary/aromatic N) is 3. The third-order valence-corrected chi connectivity index (χ3v) is 2.58. The van der Waals surface area contributed by atoms with Crippen molar-refractivity contribution in [2.24, 2.45) is 0 Å². The van der Waals surface area contributed by atoms with Crippen LogP contribution in [0.1, 0.15) is 5.56 Å². The number of rotatable bonds is 3. The molecule has 0 saturated heterocycles. The summed E-state index contributed by atoms with van der Waals surface area (Å²) >= 11 is 0. The van der Waals surface area contributed by atoms with Crippen LogP contribution in [0.5, 0.6) is 0 Å². The van der Waals surface area contributed by atoms with Crippen molar-refractivity contribution in [2.75, 3.05) is 5.32 Å². The zero-order valence-electron chi connectivity index (χ0n) is 9.39. The van der Waals surface area contributed by atoms with Gasteiger partial charge >= 0.3 is 0 Å². The molecular formula is C12H10FN5. The first-order valence-electron chi connectivity index (χ1n) is 5.45. The second-order valence-electron chi connectivity index (χ2n) is 3.79. The normalized spacial score (nSPS) is 10.7. The minimum Gasteiger partial charge on any atom is -0.365 e. The highest BCUT2D eigenvalue weighted by Crippen LogP contribution is 2.12. The van der Waals surface area contributed by atoms with Crippen LogP contribution in [-0.2, 0) is 6.54 Å². The van der Waals surface area contributed by atoms with Crippen LogP contribution in [0, 0.1) is 5.82 Å². The van der Waals surface area contributed by atoms with Crippen molar-refractivity contribution in [1.29, 1.82) is 0 Å². The Labute approximate surface area is 102 Å². The highest BCUT2D eigenvalue weighted by atomic mass is 19.1. The van der Waals surface area contributed by atoms with Crippen LogP contribution >= 0.6 is 0 Å². The lowest BCUT2D eigenvalue weighted by Gasteiger charge is -2.05. The number of hydrogen-bond donors (Lipinski definition) is 2. The van der Waals surface area contributed by atoms with Crippen LogP contribution < -0.4 is 5.32 Å². The molecule has 0 unspecified atom stereocenters. The third-order valence-electron chi connectivity index (χ3n) is 2.58. The zero-order valence-corrected chi connectivity index (χ0v) is 9.39. The van der Waals surface area contributed by atoms with E-state index in [0.29, 0.717) is 17.9 Å². The first-order valence-corrected chi connectivity index (χ1v) is 5.45. The lowest BCUT2D eigenvalue weighted by Crippen LogP contribution is -2.04. The second-order valence-corrected chi connectivity index (χ2v) is 3.79. The van der Waals surface area contributed by atoms with Gasteiger partial charge in [-0.25, -0.2) is 14.4 Å². The average Bonchev–Trinajstić information content (AvgIpc) is 2.85. The van der Waals surface area contributed by atoms with Gasteiger partial charge in [-0.3, -0.25) is 4.98 Å². The average molecular weight is 243 g/mol. The van der Waals surface area contributed by atoms with Gasteiger partial charge in [0.05, 0.1) is 12.4 Å². The van der Waals surface area contributed by atoms with Gasteiger partial charge < -0.3 is 10.3 Å². The van der Waals surface area contributed by atoms with Crippen molar-refractivity contribution in [3.05, 3.63) is 48.3 Å². The number of anilines is 1. The summed E-state index contributed by atoms with van der Waals surface area (Å²) in [5.74, 6) is 0.277. The molecule has 2 N–H and O–H groups in total. The summed E-state index contributed by atoms with van der Waals surface area (Å²) < 4.78 is 13.4. The predicted octanol–water partition coefficient (Wildman–Crippen LogP) is 2.10. The van der Waals surface area contributed by atoms with E-state index < -0.39 is 0 Å². The fourth-order valence-corrected chi connectivity index (χ4v) is 1.65. The largest absolute Gasteiger partial charge is 0.365 e. The Morgan fingerprint density at radius 3 is 3.11 bits per heavy atom. The number of aromatic nitrogens is 4. The summed E-state index contributed by atoms with van der Waals surface area (Å²) in [4.78, 5) is 15.2. The van der Waals surface area contributed by atoms with Crippen molar-refractivity contribution in [1.82, 2.24) is 19.9 Å². The molecule has 18 heavy (non-hydrogen) atoms. The van der Waals surface area contributed by atoms with E-state index >= 15 is 0 Å². The number of halogens is 1. The number of aromatic amines is 1.